The van der Waals surface area contributed by atoms with Gasteiger partial charge in [-0.25, -0.2) is 0 Å². The maximum absolute atomic E-state index is 12.7. The van der Waals surface area contributed by atoms with Gasteiger partial charge in [-0.2, -0.15) is 5.26 Å². The van der Waals surface area contributed by atoms with Crippen LogP contribution < -0.4 is 10.2 Å². The number of fused-ring (bicyclic) bond motifs is 1. The first-order chi connectivity index (χ1) is 14.2. The van der Waals surface area contributed by atoms with Gasteiger partial charge >= 0.3 is 0 Å². The van der Waals surface area contributed by atoms with Gasteiger partial charge in [0.15, 0.2) is 0 Å². The number of benzene rings is 1. The van der Waals surface area contributed by atoms with Crippen molar-refractivity contribution in [3.05, 3.63) is 46.3 Å². The second-order valence-electron chi connectivity index (χ2n) is 7.98. The SMILES string of the molecule is CCC1CCc2c(sc(NC(=O)CN3CCN(c4ccccc4)CC3)c2C#N)C1. The molecule has 4 rings (SSSR count). The molecule has 1 N–H and O–H groups in total. The quantitative estimate of drug-likeness (QED) is 0.815. The lowest BCUT2D eigenvalue weighted by molar-refractivity contribution is -0.117. The number of nitrogens with one attached hydrogen (secondary N) is 1. The average molecular weight is 409 g/mol. The molecule has 1 atom stereocenters. The fourth-order valence-corrected chi connectivity index (χ4v) is 5.71. The normalized spacial score (nSPS) is 19.4. The van der Waals surface area contributed by atoms with Crippen molar-refractivity contribution in [3.8, 4) is 6.07 Å². The Kier molecular flexibility index (Phi) is 6.17. The van der Waals surface area contributed by atoms with Crippen LogP contribution in [0, 0.1) is 17.2 Å². The summed E-state index contributed by atoms with van der Waals surface area (Å²) < 4.78 is 0. The standard InChI is InChI=1S/C23H28N4OS/c1-2-17-8-9-19-20(15-24)23(29-21(19)14-17)25-22(28)16-26-10-12-27(13-11-26)18-6-4-3-5-7-18/h3-7,17H,2,8-14,16H2,1H3,(H,25,28). The predicted molar refractivity (Wildman–Crippen MR) is 119 cm³/mol. The van der Waals surface area contributed by atoms with Crippen molar-refractivity contribution >= 4 is 27.9 Å². The van der Waals surface area contributed by atoms with Crippen LogP contribution in [0.3, 0.4) is 0 Å². The maximum Gasteiger partial charge on any atom is 0.239 e. The Morgan fingerprint density at radius 3 is 2.69 bits per heavy atom. The molecule has 0 saturated carbocycles. The molecule has 1 aliphatic carbocycles. The summed E-state index contributed by atoms with van der Waals surface area (Å²) in [7, 11) is 0. The molecule has 2 aromatic rings. The van der Waals surface area contributed by atoms with Gasteiger partial charge in [0.05, 0.1) is 12.1 Å². The van der Waals surface area contributed by atoms with Crippen molar-refractivity contribution in [2.75, 3.05) is 42.9 Å². The Morgan fingerprint density at radius 1 is 1.24 bits per heavy atom. The Balaban J connectivity index is 1.34. The third kappa shape index (κ3) is 4.47. The van der Waals surface area contributed by atoms with Crippen LogP contribution in [0.2, 0.25) is 0 Å². The Morgan fingerprint density at radius 2 is 2.00 bits per heavy atom. The van der Waals surface area contributed by atoms with Crippen molar-refractivity contribution in [1.29, 1.82) is 5.26 Å². The molecule has 0 bridgehead atoms. The van der Waals surface area contributed by atoms with Crippen molar-refractivity contribution in [2.45, 2.75) is 32.6 Å². The van der Waals surface area contributed by atoms with Crippen LogP contribution in [0.25, 0.3) is 0 Å². The van der Waals surface area contributed by atoms with E-state index in [0.29, 0.717) is 18.0 Å². The van der Waals surface area contributed by atoms with Crippen molar-refractivity contribution in [3.63, 3.8) is 0 Å². The summed E-state index contributed by atoms with van der Waals surface area (Å²) in [4.78, 5) is 18.5. The highest BCUT2D eigenvalue weighted by Gasteiger charge is 2.26. The van der Waals surface area contributed by atoms with E-state index in [1.54, 1.807) is 11.3 Å². The summed E-state index contributed by atoms with van der Waals surface area (Å²) in [6.45, 7) is 6.19. The Hall–Kier alpha value is -2.36. The van der Waals surface area contributed by atoms with Crippen molar-refractivity contribution in [2.24, 2.45) is 5.92 Å². The number of rotatable bonds is 5. The summed E-state index contributed by atoms with van der Waals surface area (Å²) >= 11 is 1.61. The first-order valence-corrected chi connectivity index (χ1v) is 11.4. The van der Waals surface area contributed by atoms with Crippen molar-refractivity contribution < 1.29 is 4.79 Å². The highest BCUT2D eigenvalue weighted by molar-refractivity contribution is 7.16. The molecule has 152 valence electrons. The van der Waals surface area contributed by atoms with E-state index >= 15 is 0 Å². The summed E-state index contributed by atoms with van der Waals surface area (Å²) in [6.07, 6.45) is 4.33. The first kappa shape index (κ1) is 19.9. The van der Waals surface area contributed by atoms with E-state index in [-0.39, 0.29) is 5.91 Å². The zero-order valence-electron chi connectivity index (χ0n) is 17.0. The zero-order chi connectivity index (χ0) is 20.2. The monoisotopic (exact) mass is 408 g/mol. The summed E-state index contributed by atoms with van der Waals surface area (Å²) in [6, 6.07) is 12.8. The molecule has 1 aliphatic heterocycles. The minimum absolute atomic E-state index is 0.0136. The lowest BCUT2D eigenvalue weighted by Crippen LogP contribution is -2.48. The number of nitrogens with zero attached hydrogens (tertiary/aromatic N) is 3. The van der Waals surface area contributed by atoms with Crippen LogP contribution in [0.5, 0.6) is 0 Å². The van der Waals surface area contributed by atoms with E-state index in [1.165, 1.54) is 22.5 Å². The third-order valence-corrected chi connectivity index (χ3v) is 7.34. The molecule has 1 aromatic heterocycles. The number of thiophene rings is 1. The molecule has 5 nitrogen and oxygen atoms in total. The lowest BCUT2D eigenvalue weighted by atomic mass is 9.86. The van der Waals surface area contributed by atoms with Crippen LogP contribution in [0.4, 0.5) is 10.7 Å². The topological polar surface area (TPSA) is 59.4 Å². The van der Waals surface area contributed by atoms with E-state index in [1.807, 2.05) is 6.07 Å². The average Bonchev–Trinajstić information content (AvgIpc) is 3.10. The lowest BCUT2D eigenvalue weighted by Gasteiger charge is -2.35. The minimum atomic E-state index is -0.0136. The second kappa shape index (κ2) is 8.98. The molecule has 1 saturated heterocycles. The van der Waals surface area contributed by atoms with Gasteiger partial charge in [0.25, 0.3) is 0 Å². The minimum Gasteiger partial charge on any atom is -0.369 e. The first-order valence-electron chi connectivity index (χ1n) is 10.5. The van der Waals surface area contributed by atoms with Crippen LogP contribution in [-0.4, -0.2) is 43.5 Å². The van der Waals surface area contributed by atoms with Gasteiger partial charge in [-0.05, 0) is 42.9 Å². The number of para-hydroxylation sites is 1. The van der Waals surface area contributed by atoms with Crippen molar-refractivity contribution in [1.82, 2.24) is 4.90 Å². The predicted octanol–water partition coefficient (Wildman–Crippen LogP) is 3.90. The number of amides is 1. The number of carbonyl (C=O) groups excluding carboxylic acids is 1. The molecule has 2 aliphatic rings. The van der Waals surface area contributed by atoms with E-state index in [9.17, 15) is 10.1 Å². The number of piperazine rings is 1. The molecule has 1 aromatic carbocycles. The smallest absolute Gasteiger partial charge is 0.239 e. The molecule has 2 heterocycles. The number of nitriles is 1. The van der Waals surface area contributed by atoms with Gasteiger partial charge in [-0.1, -0.05) is 31.5 Å². The Labute approximate surface area is 176 Å². The molecule has 6 heteroatoms. The zero-order valence-corrected chi connectivity index (χ0v) is 17.8. The van der Waals surface area contributed by atoms with Crippen LogP contribution in [0.1, 0.15) is 35.8 Å². The fourth-order valence-electron chi connectivity index (χ4n) is 4.38. The van der Waals surface area contributed by atoms with Gasteiger partial charge in [0.2, 0.25) is 5.91 Å². The molecule has 0 radical (unpaired) electrons. The van der Waals surface area contributed by atoms with Gasteiger partial charge < -0.3 is 10.2 Å². The molecule has 0 spiro atoms. The largest absolute Gasteiger partial charge is 0.369 e. The number of hydrogen-bond donors (Lipinski definition) is 1. The molecular weight excluding hydrogens is 380 g/mol. The summed E-state index contributed by atoms with van der Waals surface area (Å²) in [5.74, 6) is 0.692. The summed E-state index contributed by atoms with van der Waals surface area (Å²) in [5, 5.41) is 13.4. The number of anilines is 2. The molecule has 29 heavy (non-hydrogen) atoms. The molecule has 1 amide bonds. The second-order valence-corrected chi connectivity index (χ2v) is 9.09. The number of carbonyl (C=O) groups is 1. The fraction of sp³-hybridized carbons (Fsp3) is 0.478. The Bertz CT molecular complexity index is 894. The van der Waals surface area contributed by atoms with Crippen LogP contribution in [-0.2, 0) is 17.6 Å². The molecule has 1 fully saturated rings. The molecular formula is C23H28N4OS. The van der Waals surface area contributed by atoms with E-state index in [2.05, 4.69) is 52.4 Å². The van der Waals surface area contributed by atoms with Gasteiger partial charge in [-0.3, -0.25) is 9.69 Å². The highest BCUT2D eigenvalue weighted by Crippen LogP contribution is 2.40. The van der Waals surface area contributed by atoms with Crippen LogP contribution >= 0.6 is 11.3 Å². The maximum atomic E-state index is 12.7. The van der Waals surface area contributed by atoms with Crippen LogP contribution in [0.15, 0.2) is 30.3 Å². The molecule has 1 unspecified atom stereocenters. The highest BCUT2D eigenvalue weighted by atomic mass is 32.1. The van der Waals surface area contributed by atoms with Gasteiger partial charge in [0.1, 0.15) is 11.1 Å². The van der Waals surface area contributed by atoms with Gasteiger partial charge in [-0.15, -0.1) is 11.3 Å². The summed E-state index contributed by atoms with van der Waals surface area (Å²) in [5.41, 5.74) is 3.11. The van der Waals surface area contributed by atoms with Gasteiger partial charge in [0, 0.05) is 36.7 Å². The number of hydrogen-bond acceptors (Lipinski definition) is 5. The van der Waals surface area contributed by atoms with E-state index in [4.69, 9.17) is 0 Å². The van der Waals surface area contributed by atoms with E-state index in [0.717, 1.165) is 50.4 Å². The third-order valence-electron chi connectivity index (χ3n) is 6.17. The van der Waals surface area contributed by atoms with E-state index < -0.39 is 0 Å².